The number of hydrogen-bond acceptors (Lipinski definition) is 4. The van der Waals surface area contributed by atoms with Gasteiger partial charge in [-0.3, -0.25) is 14.6 Å². The highest BCUT2D eigenvalue weighted by atomic mass is 16.2. The highest BCUT2D eigenvalue weighted by molar-refractivity contribution is 5.98. The van der Waals surface area contributed by atoms with E-state index in [2.05, 4.69) is 48.4 Å². The fraction of sp³-hybridized carbons (Fsp3) is 0.243. The Morgan fingerprint density at radius 1 is 0.848 bits per heavy atom. The summed E-state index contributed by atoms with van der Waals surface area (Å²) < 4.78 is 1.88. The lowest BCUT2D eigenvalue weighted by molar-refractivity contribution is -0.121. The van der Waals surface area contributed by atoms with Crippen LogP contribution >= 0.6 is 0 Å². The fourth-order valence-corrected chi connectivity index (χ4v) is 5.70. The molecule has 4 aromatic carbocycles. The molecule has 5 rings (SSSR count). The number of carbonyl (C=O) groups excluding carboxylic acids is 2. The van der Waals surface area contributed by atoms with Crippen molar-refractivity contribution < 1.29 is 9.59 Å². The average molecular weight is 616 g/mol. The van der Waals surface area contributed by atoms with E-state index in [-0.39, 0.29) is 17.9 Å². The number of benzene rings is 4. The molecule has 0 fully saturated rings. The topological polar surface area (TPSA) is 154 Å². The summed E-state index contributed by atoms with van der Waals surface area (Å²) in [5.41, 5.74) is 22.9. The minimum atomic E-state index is -0.702. The molecule has 2 unspecified atom stereocenters. The Morgan fingerprint density at radius 2 is 1.52 bits per heavy atom. The van der Waals surface area contributed by atoms with Crippen LogP contribution in [0, 0.1) is 0 Å². The van der Waals surface area contributed by atoms with Gasteiger partial charge in [-0.2, -0.15) is 0 Å². The molecule has 2 amide bonds. The summed E-state index contributed by atoms with van der Waals surface area (Å²) >= 11 is 0. The van der Waals surface area contributed by atoms with Crippen molar-refractivity contribution in [3.8, 4) is 11.4 Å². The predicted molar refractivity (Wildman–Crippen MR) is 184 cm³/mol. The molecule has 7 N–H and O–H groups in total. The van der Waals surface area contributed by atoms with Crippen LogP contribution in [0.15, 0.2) is 108 Å². The molecule has 46 heavy (non-hydrogen) atoms. The second-order valence-corrected chi connectivity index (χ2v) is 11.8. The zero-order valence-electron chi connectivity index (χ0n) is 26.3. The Balaban J connectivity index is 1.52. The zero-order valence-corrected chi connectivity index (χ0v) is 26.3. The van der Waals surface area contributed by atoms with E-state index in [9.17, 15) is 9.59 Å². The number of nitrogens with one attached hydrogen (secondary N) is 1. The predicted octanol–water partition coefficient (Wildman–Crippen LogP) is 5.62. The summed E-state index contributed by atoms with van der Waals surface area (Å²) in [7, 11) is 0. The Kier molecular flexibility index (Phi) is 10.1. The van der Waals surface area contributed by atoms with Gasteiger partial charge in [-0.15, -0.1) is 0 Å². The first-order valence-corrected chi connectivity index (χ1v) is 15.6. The molecular formula is C37H41N7O2. The summed E-state index contributed by atoms with van der Waals surface area (Å²) in [6, 6.07) is 32.6. The van der Waals surface area contributed by atoms with Crippen LogP contribution in [0.1, 0.15) is 71.7 Å². The number of nitrogens with zero attached hydrogens (tertiary/aromatic N) is 3. The van der Waals surface area contributed by atoms with Gasteiger partial charge in [0.15, 0.2) is 5.96 Å². The monoisotopic (exact) mass is 615 g/mol. The van der Waals surface area contributed by atoms with Gasteiger partial charge in [0, 0.05) is 17.7 Å². The molecule has 9 heteroatoms. The first-order valence-electron chi connectivity index (χ1n) is 15.6. The van der Waals surface area contributed by atoms with Gasteiger partial charge in [0.05, 0.1) is 17.1 Å². The molecule has 1 aromatic heterocycles. The lowest BCUT2D eigenvalue weighted by Gasteiger charge is -2.20. The van der Waals surface area contributed by atoms with E-state index in [4.69, 9.17) is 22.2 Å². The maximum absolute atomic E-state index is 13.7. The van der Waals surface area contributed by atoms with E-state index in [1.54, 1.807) is 12.1 Å². The number of aliphatic imine (C=N–C) groups is 1. The van der Waals surface area contributed by atoms with Crippen molar-refractivity contribution in [3.63, 3.8) is 0 Å². The van der Waals surface area contributed by atoms with Crippen molar-refractivity contribution in [1.29, 1.82) is 0 Å². The van der Waals surface area contributed by atoms with Gasteiger partial charge in [0.25, 0.3) is 5.91 Å². The molecule has 5 aromatic rings. The van der Waals surface area contributed by atoms with Crippen molar-refractivity contribution >= 4 is 28.8 Å². The first-order chi connectivity index (χ1) is 22.2. The number of hydrogen-bond donors (Lipinski definition) is 4. The van der Waals surface area contributed by atoms with E-state index in [0.717, 1.165) is 16.7 Å². The summed E-state index contributed by atoms with van der Waals surface area (Å²) in [6.45, 7) is 4.64. The van der Waals surface area contributed by atoms with Crippen LogP contribution in [-0.4, -0.2) is 33.9 Å². The molecule has 0 saturated carbocycles. The molecule has 2 atom stereocenters. The molecule has 236 valence electrons. The molecule has 0 spiro atoms. The maximum atomic E-state index is 13.7. The molecule has 0 aliphatic rings. The lowest BCUT2D eigenvalue weighted by atomic mass is 9.98. The van der Waals surface area contributed by atoms with Crippen LogP contribution in [0.5, 0.6) is 0 Å². The highest BCUT2D eigenvalue weighted by Gasteiger charge is 2.25. The third-order valence-electron chi connectivity index (χ3n) is 8.15. The summed E-state index contributed by atoms with van der Waals surface area (Å²) in [4.78, 5) is 35.7. The standard InChI is InChI=1S/C37H41N7O2/c1-24(2)26-15-17-28(18-16-26)35-42-31-23-29(19-20-32(31)44(35)33(34(38)45)14-9-21-41-37(39)40)36(46)43-30(27-12-7-4-8-13-27)22-25-10-5-3-6-11-25/h3-8,10-13,15-20,23-24,30,33H,9,14,21-22H2,1-2H3,(H2,38,45)(H,43,46)(H4,39,40,41). The average Bonchev–Trinajstić information content (AvgIpc) is 3.43. The number of aromatic nitrogens is 2. The zero-order chi connectivity index (χ0) is 32.6. The summed E-state index contributed by atoms with van der Waals surface area (Å²) in [5, 5.41) is 3.24. The second kappa shape index (κ2) is 14.6. The van der Waals surface area contributed by atoms with Crippen LogP contribution in [0.3, 0.4) is 0 Å². The van der Waals surface area contributed by atoms with E-state index in [1.165, 1.54) is 5.56 Å². The van der Waals surface area contributed by atoms with E-state index >= 15 is 0 Å². The van der Waals surface area contributed by atoms with Crippen LogP contribution in [-0.2, 0) is 11.2 Å². The van der Waals surface area contributed by atoms with Crippen LogP contribution in [0.4, 0.5) is 0 Å². The van der Waals surface area contributed by atoms with Gasteiger partial charge in [-0.1, -0.05) is 98.8 Å². The van der Waals surface area contributed by atoms with Gasteiger partial charge in [-0.25, -0.2) is 4.98 Å². The largest absolute Gasteiger partial charge is 0.370 e. The summed E-state index contributed by atoms with van der Waals surface area (Å²) in [5.74, 6) is 0.258. The molecule has 9 nitrogen and oxygen atoms in total. The number of rotatable bonds is 13. The molecular weight excluding hydrogens is 574 g/mol. The van der Waals surface area contributed by atoms with Crippen molar-refractivity contribution in [1.82, 2.24) is 14.9 Å². The van der Waals surface area contributed by atoms with Gasteiger partial charge in [0.1, 0.15) is 11.9 Å². The Hall–Kier alpha value is -5.44. The van der Waals surface area contributed by atoms with Gasteiger partial charge < -0.3 is 27.1 Å². The quantitative estimate of drug-likeness (QED) is 0.0769. The second-order valence-electron chi connectivity index (χ2n) is 11.8. The van der Waals surface area contributed by atoms with Crippen molar-refractivity contribution in [3.05, 3.63) is 125 Å². The van der Waals surface area contributed by atoms with Crippen molar-refractivity contribution in [2.75, 3.05) is 6.54 Å². The van der Waals surface area contributed by atoms with Crippen molar-refractivity contribution in [2.24, 2.45) is 22.2 Å². The normalized spacial score (nSPS) is 12.5. The van der Waals surface area contributed by atoms with Gasteiger partial charge in [-0.05, 0) is 60.1 Å². The van der Waals surface area contributed by atoms with Crippen molar-refractivity contribution in [2.45, 2.75) is 51.1 Å². The minimum Gasteiger partial charge on any atom is -0.370 e. The summed E-state index contributed by atoms with van der Waals surface area (Å²) in [6.07, 6.45) is 1.60. The van der Waals surface area contributed by atoms with Gasteiger partial charge in [0.2, 0.25) is 5.91 Å². The number of fused-ring (bicyclic) bond motifs is 1. The number of imidazole rings is 1. The number of amides is 2. The minimum absolute atomic E-state index is 0.00119. The molecule has 0 radical (unpaired) electrons. The smallest absolute Gasteiger partial charge is 0.251 e. The third kappa shape index (κ3) is 7.61. The molecule has 0 saturated heterocycles. The van der Waals surface area contributed by atoms with Crippen LogP contribution in [0.25, 0.3) is 22.4 Å². The van der Waals surface area contributed by atoms with E-state index in [0.29, 0.717) is 54.1 Å². The molecule has 0 bridgehead atoms. The number of guanidine groups is 1. The molecule has 1 heterocycles. The van der Waals surface area contributed by atoms with E-state index in [1.807, 2.05) is 71.3 Å². The van der Waals surface area contributed by atoms with Crippen LogP contribution in [0.2, 0.25) is 0 Å². The Bertz CT molecular complexity index is 1810. The van der Waals surface area contributed by atoms with Gasteiger partial charge >= 0.3 is 0 Å². The maximum Gasteiger partial charge on any atom is 0.251 e. The molecule has 0 aliphatic carbocycles. The number of carbonyl (C=O) groups is 2. The first kappa shape index (κ1) is 32.0. The fourth-order valence-electron chi connectivity index (χ4n) is 5.70. The third-order valence-corrected chi connectivity index (χ3v) is 8.15. The molecule has 0 aliphatic heterocycles. The number of primary amides is 1. The van der Waals surface area contributed by atoms with E-state index < -0.39 is 11.9 Å². The lowest BCUT2D eigenvalue weighted by Crippen LogP contribution is -2.30. The Labute approximate surface area is 269 Å². The highest BCUT2D eigenvalue weighted by Crippen LogP contribution is 2.32. The Morgan fingerprint density at radius 3 is 2.15 bits per heavy atom. The SMILES string of the molecule is CC(C)c1ccc(-c2nc3cc(C(=O)NC(Cc4ccccc4)c4ccccc4)ccc3n2C(CCCN=C(N)N)C(N)=O)cc1. The van der Waals surface area contributed by atoms with Crippen LogP contribution < -0.4 is 22.5 Å². The number of nitrogens with two attached hydrogens (primary N) is 3.